The molecular formula is C17H24N2O2. The number of hydrogen-bond acceptors (Lipinski definition) is 2. The highest BCUT2D eigenvalue weighted by molar-refractivity contribution is 5.86. The topological polar surface area (TPSA) is 49.4 Å². The van der Waals surface area contributed by atoms with Crippen LogP contribution in [0.15, 0.2) is 18.2 Å². The van der Waals surface area contributed by atoms with E-state index in [1.165, 1.54) is 18.1 Å². The minimum Gasteiger partial charge on any atom is -0.345 e. The number of nitrogens with one attached hydrogen (secondary N) is 1. The van der Waals surface area contributed by atoms with E-state index in [0.717, 1.165) is 18.4 Å². The standard InChI is InChI=1S/C17H24N2O2/c1-11-5-6-15(9-12(11)2)10-19(16-7-8-16)17(21)13(3)18-14(4)20/h5-6,9,13,16H,7-8,10H2,1-4H3,(H,18,20)/t13-/m0/s1. The summed E-state index contributed by atoms with van der Waals surface area (Å²) in [7, 11) is 0. The summed E-state index contributed by atoms with van der Waals surface area (Å²) in [6, 6.07) is 6.18. The molecule has 21 heavy (non-hydrogen) atoms. The molecule has 2 rings (SSSR count). The highest BCUT2D eigenvalue weighted by Gasteiger charge is 2.34. The molecular weight excluding hydrogens is 264 g/mol. The number of carbonyl (C=O) groups excluding carboxylic acids is 2. The number of hydrogen-bond donors (Lipinski definition) is 1. The normalized spacial score (nSPS) is 15.4. The third-order valence-corrected chi connectivity index (χ3v) is 3.99. The zero-order valence-corrected chi connectivity index (χ0v) is 13.3. The Hall–Kier alpha value is -1.84. The fourth-order valence-corrected chi connectivity index (χ4v) is 2.49. The molecule has 1 saturated carbocycles. The van der Waals surface area contributed by atoms with Gasteiger partial charge in [0.2, 0.25) is 11.8 Å². The molecule has 1 N–H and O–H groups in total. The van der Waals surface area contributed by atoms with E-state index in [1.54, 1.807) is 6.92 Å². The van der Waals surface area contributed by atoms with Crippen LogP contribution in [0.25, 0.3) is 0 Å². The Labute approximate surface area is 126 Å². The third-order valence-electron chi connectivity index (χ3n) is 3.99. The Kier molecular flexibility index (Phi) is 4.66. The van der Waals surface area contributed by atoms with Crippen LogP contribution >= 0.6 is 0 Å². The first-order chi connectivity index (χ1) is 9.88. The van der Waals surface area contributed by atoms with Gasteiger partial charge >= 0.3 is 0 Å². The van der Waals surface area contributed by atoms with Crippen molar-refractivity contribution in [2.24, 2.45) is 0 Å². The molecule has 4 heteroatoms. The second-order valence-electron chi connectivity index (χ2n) is 6.04. The third kappa shape index (κ3) is 4.06. The predicted molar refractivity (Wildman–Crippen MR) is 82.8 cm³/mol. The van der Waals surface area contributed by atoms with Crippen LogP contribution in [-0.2, 0) is 16.1 Å². The lowest BCUT2D eigenvalue weighted by Gasteiger charge is -2.26. The van der Waals surface area contributed by atoms with Crippen LogP contribution in [0.4, 0.5) is 0 Å². The van der Waals surface area contributed by atoms with Crippen LogP contribution in [0.1, 0.15) is 43.4 Å². The predicted octanol–water partition coefficient (Wildman–Crippen LogP) is 2.32. The van der Waals surface area contributed by atoms with E-state index in [2.05, 4.69) is 37.4 Å². The van der Waals surface area contributed by atoms with Crippen LogP contribution < -0.4 is 5.32 Å². The SMILES string of the molecule is CC(=O)N[C@@H](C)C(=O)N(Cc1ccc(C)c(C)c1)C1CC1. The van der Waals surface area contributed by atoms with E-state index in [0.29, 0.717) is 12.6 Å². The number of aryl methyl sites for hydroxylation is 2. The van der Waals surface area contributed by atoms with Crippen molar-refractivity contribution in [1.29, 1.82) is 0 Å². The number of nitrogens with zero attached hydrogens (tertiary/aromatic N) is 1. The van der Waals surface area contributed by atoms with Crippen LogP contribution in [0.2, 0.25) is 0 Å². The van der Waals surface area contributed by atoms with Gasteiger partial charge in [0.25, 0.3) is 0 Å². The van der Waals surface area contributed by atoms with E-state index in [9.17, 15) is 9.59 Å². The Bertz CT molecular complexity index is 550. The first-order valence-corrected chi connectivity index (χ1v) is 7.52. The first-order valence-electron chi connectivity index (χ1n) is 7.52. The molecule has 1 atom stereocenters. The Morgan fingerprint density at radius 3 is 2.48 bits per heavy atom. The van der Waals surface area contributed by atoms with Gasteiger partial charge < -0.3 is 10.2 Å². The van der Waals surface area contributed by atoms with Crippen LogP contribution in [-0.4, -0.2) is 28.8 Å². The van der Waals surface area contributed by atoms with Crippen molar-refractivity contribution >= 4 is 11.8 Å². The minimum atomic E-state index is -0.463. The first kappa shape index (κ1) is 15.5. The van der Waals surface area contributed by atoms with Gasteiger partial charge in [-0.15, -0.1) is 0 Å². The maximum Gasteiger partial charge on any atom is 0.245 e. The summed E-state index contributed by atoms with van der Waals surface area (Å²) >= 11 is 0. The van der Waals surface area contributed by atoms with Gasteiger partial charge in [-0.2, -0.15) is 0 Å². The highest BCUT2D eigenvalue weighted by Crippen LogP contribution is 2.29. The van der Waals surface area contributed by atoms with E-state index in [4.69, 9.17) is 0 Å². The van der Waals surface area contributed by atoms with Gasteiger partial charge in [-0.3, -0.25) is 9.59 Å². The van der Waals surface area contributed by atoms with Crippen molar-refractivity contribution in [2.75, 3.05) is 0 Å². The van der Waals surface area contributed by atoms with Crippen molar-refractivity contribution in [3.05, 3.63) is 34.9 Å². The lowest BCUT2D eigenvalue weighted by atomic mass is 10.1. The van der Waals surface area contributed by atoms with Gasteiger partial charge in [0.1, 0.15) is 6.04 Å². The smallest absolute Gasteiger partial charge is 0.245 e. The molecule has 0 heterocycles. The highest BCUT2D eigenvalue weighted by atomic mass is 16.2. The molecule has 0 unspecified atom stereocenters. The molecule has 1 aromatic carbocycles. The molecule has 0 saturated heterocycles. The average Bonchev–Trinajstić information content (AvgIpc) is 3.22. The molecule has 2 amide bonds. The van der Waals surface area contributed by atoms with E-state index < -0.39 is 6.04 Å². The molecule has 1 aliphatic rings. The Balaban J connectivity index is 2.10. The zero-order valence-electron chi connectivity index (χ0n) is 13.3. The molecule has 0 bridgehead atoms. The van der Waals surface area contributed by atoms with E-state index >= 15 is 0 Å². The van der Waals surface area contributed by atoms with Gasteiger partial charge in [-0.25, -0.2) is 0 Å². The summed E-state index contributed by atoms with van der Waals surface area (Å²) in [5.41, 5.74) is 3.65. The van der Waals surface area contributed by atoms with E-state index in [1.807, 2.05) is 4.90 Å². The molecule has 1 aromatic rings. The van der Waals surface area contributed by atoms with Gasteiger partial charge in [-0.05, 0) is 50.3 Å². The molecule has 0 spiro atoms. The molecule has 114 valence electrons. The maximum atomic E-state index is 12.5. The summed E-state index contributed by atoms with van der Waals surface area (Å²) in [5, 5.41) is 2.68. The lowest BCUT2D eigenvalue weighted by molar-refractivity contribution is -0.136. The zero-order chi connectivity index (χ0) is 15.6. The maximum absolute atomic E-state index is 12.5. The molecule has 1 fully saturated rings. The fraction of sp³-hybridized carbons (Fsp3) is 0.529. The second kappa shape index (κ2) is 6.29. The van der Waals surface area contributed by atoms with Crippen molar-refractivity contribution in [3.63, 3.8) is 0 Å². The Morgan fingerprint density at radius 1 is 1.29 bits per heavy atom. The van der Waals surface area contributed by atoms with E-state index in [-0.39, 0.29) is 11.8 Å². The number of benzene rings is 1. The molecule has 0 aromatic heterocycles. The van der Waals surface area contributed by atoms with Crippen molar-refractivity contribution in [1.82, 2.24) is 10.2 Å². The summed E-state index contributed by atoms with van der Waals surface area (Å²) in [4.78, 5) is 25.6. The van der Waals surface area contributed by atoms with Gasteiger partial charge in [0.15, 0.2) is 0 Å². The number of rotatable bonds is 5. The average molecular weight is 288 g/mol. The summed E-state index contributed by atoms with van der Waals surface area (Å²) < 4.78 is 0. The summed E-state index contributed by atoms with van der Waals surface area (Å²) in [6.45, 7) is 7.98. The van der Waals surface area contributed by atoms with Crippen LogP contribution in [0.3, 0.4) is 0 Å². The van der Waals surface area contributed by atoms with Crippen molar-refractivity contribution in [3.8, 4) is 0 Å². The summed E-state index contributed by atoms with van der Waals surface area (Å²) in [5.74, 6) is -0.163. The Morgan fingerprint density at radius 2 is 1.95 bits per heavy atom. The van der Waals surface area contributed by atoms with Gasteiger partial charge in [0.05, 0.1) is 0 Å². The largest absolute Gasteiger partial charge is 0.345 e. The number of carbonyl (C=O) groups is 2. The molecule has 0 radical (unpaired) electrons. The van der Waals surface area contributed by atoms with Crippen molar-refractivity contribution < 1.29 is 9.59 Å². The molecule has 0 aliphatic heterocycles. The minimum absolute atomic E-state index is 0.00549. The van der Waals surface area contributed by atoms with Crippen molar-refractivity contribution in [2.45, 2.75) is 59.2 Å². The van der Waals surface area contributed by atoms with Crippen LogP contribution in [0, 0.1) is 13.8 Å². The fourth-order valence-electron chi connectivity index (χ4n) is 2.49. The monoisotopic (exact) mass is 288 g/mol. The molecule has 1 aliphatic carbocycles. The van der Waals surface area contributed by atoms with Crippen LogP contribution in [0.5, 0.6) is 0 Å². The lowest BCUT2D eigenvalue weighted by Crippen LogP contribution is -2.46. The summed E-state index contributed by atoms with van der Waals surface area (Å²) in [6.07, 6.45) is 2.12. The van der Waals surface area contributed by atoms with Gasteiger partial charge in [0, 0.05) is 19.5 Å². The van der Waals surface area contributed by atoms with Gasteiger partial charge in [-0.1, -0.05) is 18.2 Å². The second-order valence-corrected chi connectivity index (χ2v) is 6.04. The molecule has 4 nitrogen and oxygen atoms in total. The quantitative estimate of drug-likeness (QED) is 0.904. The number of amides is 2.